The lowest BCUT2D eigenvalue weighted by Gasteiger charge is -2.46. The first-order valence-corrected chi connectivity index (χ1v) is 3.50. The van der Waals surface area contributed by atoms with Crippen molar-refractivity contribution in [2.75, 3.05) is 13.2 Å². The van der Waals surface area contributed by atoms with Gasteiger partial charge in [0, 0.05) is 0 Å². The van der Waals surface area contributed by atoms with E-state index < -0.39 is 16.9 Å². The Morgan fingerprint density at radius 3 is 2.18 bits per heavy atom. The van der Waals surface area contributed by atoms with Gasteiger partial charge in [0.1, 0.15) is 0 Å². The van der Waals surface area contributed by atoms with Crippen LogP contribution in [0.5, 0.6) is 0 Å². The van der Waals surface area contributed by atoms with Gasteiger partial charge in [0.2, 0.25) is 0 Å². The van der Waals surface area contributed by atoms with Crippen LogP contribution in [-0.2, 0) is 9.53 Å². The fraction of sp³-hybridized carbons (Fsp3) is 0.857. The molecule has 0 unspecified atom stereocenters. The summed E-state index contributed by atoms with van der Waals surface area (Å²) in [4.78, 5) is 10.7. The summed E-state index contributed by atoms with van der Waals surface area (Å²) in [5.41, 5.74) is 4.20. The molecule has 0 aromatic rings. The van der Waals surface area contributed by atoms with E-state index >= 15 is 0 Å². The predicted octanol–water partition coefficient (Wildman–Crippen LogP) is -0.175. The summed E-state index contributed by atoms with van der Waals surface area (Å²) in [5.74, 6) is -0.872. The lowest BCUT2D eigenvalue weighted by molar-refractivity contribution is -0.168. The summed E-state index contributed by atoms with van der Waals surface area (Å²) in [6.45, 7) is 3.92. The smallest absolute Gasteiger partial charge is 0.311 e. The maximum Gasteiger partial charge on any atom is 0.311 e. The van der Waals surface area contributed by atoms with Crippen LogP contribution in [0.4, 0.5) is 0 Å². The summed E-state index contributed by atoms with van der Waals surface area (Å²) >= 11 is 0. The molecule has 4 nitrogen and oxygen atoms in total. The van der Waals surface area contributed by atoms with Crippen molar-refractivity contribution < 1.29 is 14.6 Å². The van der Waals surface area contributed by atoms with Crippen LogP contribution in [0.15, 0.2) is 0 Å². The number of nitrogens with two attached hydrogens (primary N) is 1. The van der Waals surface area contributed by atoms with Crippen LogP contribution in [0.1, 0.15) is 13.8 Å². The molecule has 1 rings (SSSR count). The molecule has 0 spiro atoms. The van der Waals surface area contributed by atoms with Crippen LogP contribution in [0.25, 0.3) is 0 Å². The molecule has 11 heavy (non-hydrogen) atoms. The van der Waals surface area contributed by atoms with Gasteiger partial charge in [-0.1, -0.05) is 0 Å². The van der Waals surface area contributed by atoms with Gasteiger partial charge in [0.25, 0.3) is 0 Å². The molecule has 4 heteroatoms. The number of ether oxygens (including phenoxy) is 1. The third-order valence-electron chi connectivity index (χ3n) is 2.50. The number of hydrogen-bond acceptors (Lipinski definition) is 3. The zero-order valence-electron chi connectivity index (χ0n) is 6.76. The molecule has 0 aliphatic carbocycles. The minimum absolute atomic E-state index is 0.340. The molecule has 0 aromatic heterocycles. The third kappa shape index (κ3) is 1.02. The maximum atomic E-state index is 10.7. The Kier molecular flexibility index (Phi) is 1.69. The lowest BCUT2D eigenvalue weighted by atomic mass is 9.71. The number of carboxylic acid groups (broad SMARTS) is 1. The summed E-state index contributed by atoms with van der Waals surface area (Å²) in [6, 6.07) is 0. The number of carbonyl (C=O) groups is 1. The topological polar surface area (TPSA) is 72.5 Å². The van der Waals surface area contributed by atoms with Gasteiger partial charge < -0.3 is 15.6 Å². The van der Waals surface area contributed by atoms with Crippen molar-refractivity contribution in [3.63, 3.8) is 0 Å². The number of carboxylic acids is 1. The molecule has 1 saturated heterocycles. The minimum Gasteiger partial charge on any atom is -0.481 e. The molecule has 1 aliphatic rings. The van der Waals surface area contributed by atoms with E-state index in [0.29, 0.717) is 13.2 Å². The summed E-state index contributed by atoms with van der Waals surface area (Å²) in [7, 11) is 0. The first kappa shape index (κ1) is 8.49. The Bertz CT molecular complexity index is 184. The van der Waals surface area contributed by atoms with E-state index in [2.05, 4.69) is 0 Å². The second-order valence-electron chi connectivity index (χ2n) is 3.58. The normalized spacial score (nSPS) is 22.5. The molecule has 1 fully saturated rings. The second kappa shape index (κ2) is 2.19. The third-order valence-corrected chi connectivity index (χ3v) is 2.50. The zero-order valence-corrected chi connectivity index (χ0v) is 6.76. The van der Waals surface area contributed by atoms with Gasteiger partial charge >= 0.3 is 5.97 Å². The highest BCUT2D eigenvalue weighted by Crippen LogP contribution is 2.34. The van der Waals surface area contributed by atoms with Crippen LogP contribution in [0.3, 0.4) is 0 Å². The molecule has 0 atom stereocenters. The number of rotatable bonds is 2. The largest absolute Gasteiger partial charge is 0.481 e. The van der Waals surface area contributed by atoms with Crippen molar-refractivity contribution in [3.8, 4) is 0 Å². The van der Waals surface area contributed by atoms with Crippen molar-refractivity contribution in [2.45, 2.75) is 19.4 Å². The van der Waals surface area contributed by atoms with Gasteiger partial charge in [-0.2, -0.15) is 0 Å². The molecule has 0 amide bonds. The first-order chi connectivity index (χ1) is 4.90. The second-order valence-corrected chi connectivity index (χ2v) is 3.58. The van der Waals surface area contributed by atoms with Crippen molar-refractivity contribution >= 4 is 5.97 Å². The van der Waals surface area contributed by atoms with Gasteiger partial charge in [-0.25, -0.2) is 0 Å². The fourth-order valence-electron chi connectivity index (χ4n) is 0.896. The van der Waals surface area contributed by atoms with Crippen LogP contribution >= 0.6 is 0 Å². The molecule has 64 valence electrons. The highest BCUT2D eigenvalue weighted by Gasteiger charge is 2.52. The Labute approximate surface area is 65.3 Å². The van der Waals surface area contributed by atoms with E-state index in [1.165, 1.54) is 0 Å². The minimum atomic E-state index is -0.898. The SMILES string of the molecule is CC(C)(C(=O)O)C1(N)COC1. The Morgan fingerprint density at radius 2 is 2.09 bits per heavy atom. The van der Waals surface area contributed by atoms with E-state index in [1.807, 2.05) is 0 Å². The predicted molar refractivity (Wildman–Crippen MR) is 39.2 cm³/mol. The average Bonchev–Trinajstić information content (AvgIpc) is 1.82. The first-order valence-electron chi connectivity index (χ1n) is 3.50. The van der Waals surface area contributed by atoms with Crippen molar-refractivity contribution in [2.24, 2.45) is 11.1 Å². The Balaban J connectivity index is 2.78. The standard InChI is InChI=1S/C7H13NO3/c1-6(2,5(9)10)7(8)3-11-4-7/h3-4,8H2,1-2H3,(H,9,10). The van der Waals surface area contributed by atoms with E-state index in [0.717, 1.165) is 0 Å². The molecule has 3 N–H and O–H groups in total. The molecular weight excluding hydrogens is 146 g/mol. The molecule has 1 heterocycles. The number of aliphatic carboxylic acids is 1. The van der Waals surface area contributed by atoms with Crippen LogP contribution in [0, 0.1) is 5.41 Å². The van der Waals surface area contributed by atoms with E-state index in [1.54, 1.807) is 13.8 Å². The van der Waals surface area contributed by atoms with Crippen LogP contribution < -0.4 is 5.73 Å². The van der Waals surface area contributed by atoms with E-state index in [9.17, 15) is 4.79 Å². The molecular formula is C7H13NO3. The zero-order chi connectivity index (χ0) is 8.70. The van der Waals surface area contributed by atoms with Crippen LogP contribution in [-0.4, -0.2) is 29.8 Å². The van der Waals surface area contributed by atoms with E-state index in [-0.39, 0.29) is 0 Å². The molecule has 0 radical (unpaired) electrons. The number of hydrogen-bond donors (Lipinski definition) is 2. The summed E-state index contributed by atoms with van der Waals surface area (Å²) in [6.07, 6.45) is 0. The van der Waals surface area contributed by atoms with Crippen molar-refractivity contribution in [3.05, 3.63) is 0 Å². The monoisotopic (exact) mass is 159 g/mol. The quantitative estimate of drug-likeness (QED) is 0.586. The van der Waals surface area contributed by atoms with Gasteiger partial charge in [0.15, 0.2) is 0 Å². The lowest BCUT2D eigenvalue weighted by Crippen LogP contribution is -2.68. The van der Waals surface area contributed by atoms with Crippen molar-refractivity contribution in [1.29, 1.82) is 0 Å². The highest BCUT2D eigenvalue weighted by molar-refractivity contribution is 5.75. The maximum absolute atomic E-state index is 10.7. The van der Waals surface area contributed by atoms with Crippen molar-refractivity contribution in [1.82, 2.24) is 0 Å². The molecule has 0 bridgehead atoms. The van der Waals surface area contributed by atoms with E-state index in [4.69, 9.17) is 15.6 Å². The van der Waals surface area contributed by atoms with Gasteiger partial charge in [-0.05, 0) is 13.8 Å². The fourth-order valence-corrected chi connectivity index (χ4v) is 0.896. The molecule has 0 aromatic carbocycles. The van der Waals surface area contributed by atoms with Gasteiger partial charge in [-0.3, -0.25) is 4.79 Å². The van der Waals surface area contributed by atoms with Crippen LogP contribution in [0.2, 0.25) is 0 Å². The summed E-state index contributed by atoms with van der Waals surface area (Å²) < 4.78 is 4.89. The summed E-state index contributed by atoms with van der Waals surface area (Å²) in [5, 5.41) is 8.81. The van der Waals surface area contributed by atoms with Gasteiger partial charge in [0.05, 0.1) is 24.2 Å². The average molecular weight is 159 g/mol. The Hall–Kier alpha value is -0.610. The molecule has 1 aliphatic heterocycles. The molecule has 0 saturated carbocycles. The highest BCUT2D eigenvalue weighted by atomic mass is 16.5. The van der Waals surface area contributed by atoms with Gasteiger partial charge in [-0.15, -0.1) is 0 Å². The Morgan fingerprint density at radius 1 is 1.64 bits per heavy atom.